The van der Waals surface area contributed by atoms with Gasteiger partial charge in [-0.05, 0) is 36.4 Å². The van der Waals surface area contributed by atoms with Crippen molar-refractivity contribution in [2.75, 3.05) is 6.54 Å². The van der Waals surface area contributed by atoms with E-state index in [0.29, 0.717) is 12.5 Å². The zero-order valence-corrected chi connectivity index (χ0v) is 9.54. The van der Waals surface area contributed by atoms with Gasteiger partial charge in [0.2, 0.25) is 0 Å². The minimum Gasteiger partial charge on any atom is -0.330 e. The minimum atomic E-state index is -0.128. The van der Waals surface area contributed by atoms with Gasteiger partial charge in [-0.15, -0.1) is 0 Å². The quantitative estimate of drug-likeness (QED) is 0.791. The van der Waals surface area contributed by atoms with Crippen molar-refractivity contribution >= 4 is 0 Å². The molecule has 1 nitrogen and oxygen atoms in total. The van der Waals surface area contributed by atoms with Crippen molar-refractivity contribution in [2.24, 2.45) is 11.7 Å². The van der Waals surface area contributed by atoms with Gasteiger partial charge in [0.05, 0.1) is 0 Å². The molecule has 0 saturated carbocycles. The molecule has 1 aromatic carbocycles. The van der Waals surface area contributed by atoms with E-state index >= 15 is 0 Å². The molecule has 0 fully saturated rings. The van der Waals surface area contributed by atoms with Crippen LogP contribution < -0.4 is 5.73 Å². The molecule has 0 saturated heterocycles. The fourth-order valence-corrected chi connectivity index (χ4v) is 1.81. The first-order valence-electron chi connectivity index (χ1n) is 5.63. The molecule has 0 heterocycles. The van der Waals surface area contributed by atoms with E-state index in [0.717, 1.165) is 18.4 Å². The molecule has 0 aliphatic carbocycles. The molecule has 0 aromatic heterocycles. The SMILES string of the molecule is CCC(C)CC(CN)c1ccccc1F. The average Bonchev–Trinajstić information content (AvgIpc) is 2.26. The van der Waals surface area contributed by atoms with Crippen LogP contribution in [0.2, 0.25) is 0 Å². The smallest absolute Gasteiger partial charge is 0.126 e. The van der Waals surface area contributed by atoms with Crippen molar-refractivity contribution in [3.8, 4) is 0 Å². The lowest BCUT2D eigenvalue weighted by molar-refractivity contribution is 0.446. The molecule has 0 spiro atoms. The molecule has 2 N–H and O–H groups in total. The summed E-state index contributed by atoms with van der Waals surface area (Å²) in [5, 5.41) is 0. The van der Waals surface area contributed by atoms with Crippen LogP contribution in [-0.2, 0) is 0 Å². The molecule has 1 rings (SSSR count). The summed E-state index contributed by atoms with van der Waals surface area (Å²) >= 11 is 0. The van der Waals surface area contributed by atoms with E-state index in [9.17, 15) is 4.39 Å². The maximum Gasteiger partial charge on any atom is 0.126 e. The highest BCUT2D eigenvalue weighted by Gasteiger charge is 2.15. The summed E-state index contributed by atoms with van der Waals surface area (Å²) in [6.45, 7) is 4.86. The molecular formula is C13H20FN. The number of nitrogens with two attached hydrogens (primary N) is 1. The van der Waals surface area contributed by atoms with Crippen LogP contribution in [0.5, 0.6) is 0 Å². The summed E-state index contributed by atoms with van der Waals surface area (Å²) in [5.74, 6) is 0.621. The molecule has 0 aliphatic rings. The Morgan fingerprint density at radius 2 is 2.00 bits per heavy atom. The van der Waals surface area contributed by atoms with Crippen LogP contribution in [-0.4, -0.2) is 6.54 Å². The summed E-state index contributed by atoms with van der Waals surface area (Å²) in [7, 11) is 0. The summed E-state index contributed by atoms with van der Waals surface area (Å²) in [6.07, 6.45) is 2.08. The summed E-state index contributed by atoms with van der Waals surface area (Å²) in [5.41, 5.74) is 6.47. The highest BCUT2D eigenvalue weighted by molar-refractivity contribution is 5.22. The van der Waals surface area contributed by atoms with E-state index in [1.807, 2.05) is 12.1 Å². The largest absolute Gasteiger partial charge is 0.330 e. The van der Waals surface area contributed by atoms with Crippen LogP contribution in [0.15, 0.2) is 24.3 Å². The van der Waals surface area contributed by atoms with Crippen molar-refractivity contribution < 1.29 is 4.39 Å². The van der Waals surface area contributed by atoms with Crippen molar-refractivity contribution in [1.29, 1.82) is 0 Å². The second-order valence-corrected chi connectivity index (χ2v) is 4.20. The maximum absolute atomic E-state index is 13.5. The average molecular weight is 209 g/mol. The molecule has 1 aromatic rings. The molecule has 15 heavy (non-hydrogen) atoms. The van der Waals surface area contributed by atoms with E-state index in [4.69, 9.17) is 5.73 Å². The fourth-order valence-electron chi connectivity index (χ4n) is 1.81. The van der Waals surface area contributed by atoms with E-state index in [2.05, 4.69) is 13.8 Å². The number of rotatable bonds is 5. The van der Waals surface area contributed by atoms with Crippen LogP contribution in [0.4, 0.5) is 4.39 Å². The lowest BCUT2D eigenvalue weighted by Crippen LogP contribution is -2.16. The summed E-state index contributed by atoms with van der Waals surface area (Å²) in [6, 6.07) is 6.94. The van der Waals surface area contributed by atoms with Crippen LogP contribution >= 0.6 is 0 Å². The topological polar surface area (TPSA) is 26.0 Å². The molecular weight excluding hydrogens is 189 g/mol. The summed E-state index contributed by atoms with van der Waals surface area (Å²) in [4.78, 5) is 0. The van der Waals surface area contributed by atoms with E-state index < -0.39 is 0 Å². The zero-order chi connectivity index (χ0) is 11.3. The molecule has 0 aliphatic heterocycles. The van der Waals surface area contributed by atoms with Gasteiger partial charge >= 0.3 is 0 Å². The second-order valence-electron chi connectivity index (χ2n) is 4.20. The van der Waals surface area contributed by atoms with Gasteiger partial charge in [-0.1, -0.05) is 38.5 Å². The van der Waals surface area contributed by atoms with Gasteiger partial charge in [-0.3, -0.25) is 0 Å². The number of hydrogen-bond donors (Lipinski definition) is 1. The Bertz CT molecular complexity index is 298. The van der Waals surface area contributed by atoms with E-state index in [1.54, 1.807) is 6.07 Å². The Morgan fingerprint density at radius 1 is 1.33 bits per heavy atom. The monoisotopic (exact) mass is 209 g/mol. The molecule has 0 amide bonds. The second kappa shape index (κ2) is 5.86. The zero-order valence-electron chi connectivity index (χ0n) is 9.54. The molecule has 0 bridgehead atoms. The first kappa shape index (κ1) is 12.2. The van der Waals surface area contributed by atoms with Gasteiger partial charge in [0.1, 0.15) is 5.82 Å². The van der Waals surface area contributed by atoms with Crippen molar-refractivity contribution in [1.82, 2.24) is 0 Å². The highest BCUT2D eigenvalue weighted by Crippen LogP contribution is 2.26. The Morgan fingerprint density at radius 3 is 2.53 bits per heavy atom. The predicted molar refractivity (Wildman–Crippen MR) is 62.3 cm³/mol. The minimum absolute atomic E-state index is 0.128. The first-order valence-corrected chi connectivity index (χ1v) is 5.63. The normalized spacial score (nSPS) is 14.9. The highest BCUT2D eigenvalue weighted by atomic mass is 19.1. The first-order chi connectivity index (χ1) is 7.19. The number of halogens is 1. The van der Waals surface area contributed by atoms with Crippen molar-refractivity contribution in [2.45, 2.75) is 32.6 Å². The van der Waals surface area contributed by atoms with Crippen LogP contribution in [0, 0.1) is 11.7 Å². The van der Waals surface area contributed by atoms with Gasteiger partial charge in [0.15, 0.2) is 0 Å². The molecule has 0 radical (unpaired) electrons. The molecule has 84 valence electrons. The third-order valence-electron chi connectivity index (χ3n) is 3.01. The molecule has 2 heteroatoms. The standard InChI is InChI=1S/C13H20FN/c1-3-10(2)8-11(9-15)12-6-4-5-7-13(12)14/h4-7,10-11H,3,8-9,15H2,1-2H3. The van der Waals surface area contributed by atoms with Crippen molar-refractivity contribution in [3.63, 3.8) is 0 Å². The van der Waals surface area contributed by atoms with Crippen LogP contribution in [0.3, 0.4) is 0 Å². The molecule has 2 unspecified atom stereocenters. The Labute approximate surface area is 91.5 Å². The third kappa shape index (κ3) is 3.31. The fraction of sp³-hybridized carbons (Fsp3) is 0.538. The number of hydrogen-bond acceptors (Lipinski definition) is 1. The van der Waals surface area contributed by atoms with Gasteiger partial charge < -0.3 is 5.73 Å². The molecule has 2 atom stereocenters. The Balaban J connectivity index is 2.78. The van der Waals surface area contributed by atoms with Crippen molar-refractivity contribution in [3.05, 3.63) is 35.6 Å². The van der Waals surface area contributed by atoms with Gasteiger partial charge in [-0.2, -0.15) is 0 Å². The van der Waals surface area contributed by atoms with Crippen LogP contribution in [0.25, 0.3) is 0 Å². The Hall–Kier alpha value is -0.890. The third-order valence-corrected chi connectivity index (χ3v) is 3.01. The number of benzene rings is 1. The summed E-state index contributed by atoms with van der Waals surface area (Å²) < 4.78 is 13.5. The Kier molecular flexibility index (Phi) is 4.76. The van der Waals surface area contributed by atoms with Gasteiger partial charge in [-0.25, -0.2) is 4.39 Å². The lowest BCUT2D eigenvalue weighted by atomic mass is 9.88. The van der Waals surface area contributed by atoms with Gasteiger partial charge in [0.25, 0.3) is 0 Å². The lowest BCUT2D eigenvalue weighted by Gasteiger charge is -2.19. The predicted octanol–water partition coefficient (Wildman–Crippen LogP) is 3.30. The van der Waals surface area contributed by atoms with Crippen LogP contribution in [0.1, 0.15) is 38.2 Å². The van der Waals surface area contributed by atoms with E-state index in [1.165, 1.54) is 6.07 Å². The van der Waals surface area contributed by atoms with E-state index in [-0.39, 0.29) is 11.7 Å². The van der Waals surface area contributed by atoms with Gasteiger partial charge in [0, 0.05) is 0 Å². The maximum atomic E-state index is 13.5.